The van der Waals surface area contributed by atoms with Crippen LogP contribution in [0.3, 0.4) is 0 Å². The molecular weight excluding hydrogens is 342 g/mol. The standard InChI is InChI=1S/C20H21N5O2/c1-15-17(27-19(23-15)16-6-3-2-4-7-16)14-18(26)24-10-12-25(13-11-24)20-21-8-5-9-22-20/h2-9H,10-14H2,1H3. The number of piperazine rings is 1. The number of amides is 1. The average Bonchev–Trinajstić information content (AvgIpc) is 3.10. The van der Waals surface area contributed by atoms with Crippen molar-refractivity contribution in [2.24, 2.45) is 0 Å². The number of benzene rings is 1. The van der Waals surface area contributed by atoms with Crippen LogP contribution >= 0.6 is 0 Å². The van der Waals surface area contributed by atoms with Gasteiger partial charge in [0.05, 0.1) is 12.1 Å². The molecule has 7 nitrogen and oxygen atoms in total. The molecule has 1 saturated heterocycles. The minimum absolute atomic E-state index is 0.0579. The fourth-order valence-electron chi connectivity index (χ4n) is 3.16. The maximum absolute atomic E-state index is 12.7. The molecule has 0 unspecified atom stereocenters. The lowest BCUT2D eigenvalue weighted by molar-refractivity contribution is -0.131. The molecule has 0 N–H and O–H groups in total. The van der Waals surface area contributed by atoms with E-state index in [0.717, 1.165) is 24.3 Å². The Morgan fingerprint density at radius 1 is 1.04 bits per heavy atom. The third-order valence-corrected chi connectivity index (χ3v) is 4.69. The Hall–Kier alpha value is -3.22. The molecule has 1 aliphatic rings. The lowest BCUT2D eigenvalue weighted by Crippen LogP contribution is -2.49. The largest absolute Gasteiger partial charge is 0.440 e. The Morgan fingerprint density at radius 3 is 2.44 bits per heavy atom. The van der Waals surface area contributed by atoms with Crippen LogP contribution in [-0.4, -0.2) is 51.9 Å². The van der Waals surface area contributed by atoms with E-state index >= 15 is 0 Å². The molecule has 4 rings (SSSR count). The summed E-state index contributed by atoms with van der Waals surface area (Å²) < 4.78 is 5.86. The van der Waals surface area contributed by atoms with E-state index in [1.54, 1.807) is 18.5 Å². The minimum Gasteiger partial charge on any atom is -0.440 e. The topological polar surface area (TPSA) is 75.4 Å². The predicted octanol–water partition coefficient (Wildman–Crippen LogP) is 2.33. The van der Waals surface area contributed by atoms with Crippen molar-refractivity contribution in [2.45, 2.75) is 13.3 Å². The molecule has 0 saturated carbocycles. The molecule has 2 aromatic heterocycles. The van der Waals surface area contributed by atoms with Gasteiger partial charge < -0.3 is 14.2 Å². The molecule has 1 aliphatic heterocycles. The summed E-state index contributed by atoms with van der Waals surface area (Å²) in [5, 5.41) is 0. The van der Waals surface area contributed by atoms with Gasteiger partial charge in [0.15, 0.2) is 0 Å². The van der Waals surface area contributed by atoms with Gasteiger partial charge in [-0.05, 0) is 25.1 Å². The highest BCUT2D eigenvalue weighted by atomic mass is 16.4. The Balaban J connectivity index is 1.38. The van der Waals surface area contributed by atoms with Crippen molar-refractivity contribution in [2.75, 3.05) is 31.1 Å². The number of hydrogen-bond acceptors (Lipinski definition) is 6. The van der Waals surface area contributed by atoms with Gasteiger partial charge in [-0.25, -0.2) is 15.0 Å². The normalized spacial score (nSPS) is 14.4. The zero-order valence-corrected chi connectivity index (χ0v) is 15.2. The minimum atomic E-state index is 0.0579. The second kappa shape index (κ2) is 7.57. The van der Waals surface area contributed by atoms with Crippen LogP contribution in [0.15, 0.2) is 53.2 Å². The lowest BCUT2D eigenvalue weighted by atomic mass is 10.2. The molecule has 1 amide bonds. The van der Waals surface area contributed by atoms with Gasteiger partial charge in [0.1, 0.15) is 5.76 Å². The Kier molecular flexibility index (Phi) is 4.82. The first-order valence-electron chi connectivity index (χ1n) is 9.02. The molecule has 3 aromatic rings. The van der Waals surface area contributed by atoms with Crippen molar-refractivity contribution in [3.8, 4) is 11.5 Å². The number of carbonyl (C=O) groups is 1. The summed E-state index contributed by atoms with van der Waals surface area (Å²) in [6.07, 6.45) is 3.70. The summed E-state index contributed by atoms with van der Waals surface area (Å²) in [6.45, 7) is 4.62. The Bertz CT molecular complexity index is 903. The van der Waals surface area contributed by atoms with Crippen molar-refractivity contribution < 1.29 is 9.21 Å². The molecular formula is C20H21N5O2. The number of rotatable bonds is 4. The van der Waals surface area contributed by atoms with Crippen molar-refractivity contribution in [3.63, 3.8) is 0 Å². The van der Waals surface area contributed by atoms with E-state index in [1.165, 1.54) is 0 Å². The van der Waals surface area contributed by atoms with Gasteiger partial charge in [-0.2, -0.15) is 0 Å². The molecule has 0 bridgehead atoms. The molecule has 0 radical (unpaired) electrons. The van der Waals surface area contributed by atoms with E-state index < -0.39 is 0 Å². The zero-order chi connectivity index (χ0) is 18.6. The second-order valence-corrected chi connectivity index (χ2v) is 6.49. The van der Waals surface area contributed by atoms with E-state index in [-0.39, 0.29) is 12.3 Å². The van der Waals surface area contributed by atoms with Gasteiger partial charge in [0.2, 0.25) is 17.7 Å². The number of aryl methyl sites for hydroxylation is 1. The van der Waals surface area contributed by atoms with Crippen LogP contribution in [0.5, 0.6) is 0 Å². The second-order valence-electron chi connectivity index (χ2n) is 6.49. The first-order valence-corrected chi connectivity index (χ1v) is 9.02. The van der Waals surface area contributed by atoms with Gasteiger partial charge >= 0.3 is 0 Å². The maximum Gasteiger partial charge on any atom is 0.230 e. The molecule has 0 atom stereocenters. The van der Waals surface area contributed by atoms with E-state index in [0.29, 0.717) is 30.7 Å². The van der Waals surface area contributed by atoms with Gasteiger partial charge in [0.25, 0.3) is 0 Å². The summed E-state index contributed by atoms with van der Waals surface area (Å²) in [6, 6.07) is 11.5. The number of oxazole rings is 1. The third-order valence-electron chi connectivity index (χ3n) is 4.69. The fourth-order valence-corrected chi connectivity index (χ4v) is 3.16. The molecule has 0 spiro atoms. The van der Waals surface area contributed by atoms with Gasteiger partial charge in [-0.3, -0.25) is 4.79 Å². The molecule has 3 heterocycles. The van der Waals surface area contributed by atoms with Crippen LogP contribution in [0.2, 0.25) is 0 Å². The van der Waals surface area contributed by atoms with Crippen LogP contribution in [0.25, 0.3) is 11.5 Å². The highest BCUT2D eigenvalue weighted by Gasteiger charge is 2.24. The highest BCUT2D eigenvalue weighted by molar-refractivity contribution is 5.78. The molecule has 1 aromatic carbocycles. The van der Waals surface area contributed by atoms with Crippen LogP contribution in [-0.2, 0) is 11.2 Å². The summed E-state index contributed by atoms with van der Waals surface area (Å²) in [4.78, 5) is 29.7. The third kappa shape index (κ3) is 3.81. The van der Waals surface area contributed by atoms with E-state index in [4.69, 9.17) is 4.42 Å². The number of carbonyl (C=O) groups excluding carboxylic acids is 1. The summed E-state index contributed by atoms with van der Waals surface area (Å²) in [5.41, 5.74) is 1.68. The summed E-state index contributed by atoms with van der Waals surface area (Å²) >= 11 is 0. The fraction of sp³-hybridized carbons (Fsp3) is 0.300. The average molecular weight is 363 g/mol. The van der Waals surface area contributed by atoms with Crippen molar-refractivity contribution >= 4 is 11.9 Å². The maximum atomic E-state index is 12.7. The van der Waals surface area contributed by atoms with Gasteiger partial charge in [-0.1, -0.05) is 18.2 Å². The van der Waals surface area contributed by atoms with Crippen molar-refractivity contribution in [1.82, 2.24) is 19.9 Å². The zero-order valence-electron chi connectivity index (χ0n) is 15.2. The molecule has 27 heavy (non-hydrogen) atoms. The van der Waals surface area contributed by atoms with Crippen LogP contribution in [0, 0.1) is 6.92 Å². The SMILES string of the molecule is Cc1nc(-c2ccccc2)oc1CC(=O)N1CCN(c2ncccn2)CC1. The first kappa shape index (κ1) is 17.2. The molecule has 7 heteroatoms. The van der Waals surface area contributed by atoms with E-state index in [9.17, 15) is 4.79 Å². The lowest BCUT2D eigenvalue weighted by Gasteiger charge is -2.34. The number of nitrogens with zero attached hydrogens (tertiary/aromatic N) is 5. The quantitative estimate of drug-likeness (QED) is 0.708. The smallest absolute Gasteiger partial charge is 0.230 e. The highest BCUT2D eigenvalue weighted by Crippen LogP contribution is 2.22. The van der Waals surface area contributed by atoms with Crippen molar-refractivity contribution in [3.05, 3.63) is 60.2 Å². The van der Waals surface area contributed by atoms with Gasteiger partial charge in [0, 0.05) is 44.1 Å². The Labute approximate surface area is 157 Å². The molecule has 0 aliphatic carbocycles. The van der Waals surface area contributed by atoms with E-state index in [1.807, 2.05) is 42.2 Å². The van der Waals surface area contributed by atoms with Crippen molar-refractivity contribution in [1.29, 1.82) is 0 Å². The number of hydrogen-bond donors (Lipinski definition) is 0. The van der Waals surface area contributed by atoms with Crippen LogP contribution < -0.4 is 4.90 Å². The first-order chi connectivity index (χ1) is 13.2. The van der Waals surface area contributed by atoms with Crippen LogP contribution in [0.1, 0.15) is 11.5 Å². The monoisotopic (exact) mass is 363 g/mol. The predicted molar refractivity (Wildman–Crippen MR) is 101 cm³/mol. The number of aromatic nitrogens is 3. The summed E-state index contributed by atoms with van der Waals surface area (Å²) in [5.74, 6) is 1.96. The molecule has 138 valence electrons. The summed E-state index contributed by atoms with van der Waals surface area (Å²) in [7, 11) is 0. The van der Waals surface area contributed by atoms with Gasteiger partial charge in [-0.15, -0.1) is 0 Å². The van der Waals surface area contributed by atoms with E-state index in [2.05, 4.69) is 19.9 Å². The molecule has 1 fully saturated rings. The number of anilines is 1. The van der Waals surface area contributed by atoms with Crippen LogP contribution in [0.4, 0.5) is 5.95 Å². The Morgan fingerprint density at radius 2 is 1.74 bits per heavy atom.